The van der Waals surface area contributed by atoms with Crippen molar-refractivity contribution in [2.75, 3.05) is 0 Å². The average molecular weight is 362 g/mol. The molecular formula is C16H8ClNO5S. The van der Waals surface area contributed by atoms with E-state index < -0.39 is 21.2 Å². The van der Waals surface area contributed by atoms with Crippen LogP contribution in [0, 0.1) is 0 Å². The standard InChI is InChI=1S/C16H8ClNO5S/c17-8-5-9-14(11(19)6-10(18-9)16(20)21)13-7-3-1-2-4-12(7)24(22,23)15(8)13/h1-6H,(H,18,19)(H,20,21). The Kier molecular flexibility index (Phi) is 2.91. The fraction of sp³-hybridized carbons (Fsp3) is 0. The number of benzene rings is 2. The first-order chi connectivity index (χ1) is 11.3. The van der Waals surface area contributed by atoms with Gasteiger partial charge in [0, 0.05) is 17.2 Å². The lowest BCUT2D eigenvalue weighted by molar-refractivity contribution is 0.0691. The fourth-order valence-corrected chi connectivity index (χ4v) is 5.27. The van der Waals surface area contributed by atoms with Gasteiger partial charge in [-0.1, -0.05) is 29.8 Å². The number of sulfone groups is 1. The molecule has 6 nitrogen and oxygen atoms in total. The Hall–Kier alpha value is -2.64. The predicted molar refractivity (Wildman–Crippen MR) is 87.4 cm³/mol. The molecule has 4 rings (SSSR count). The molecule has 2 N–H and O–H groups in total. The first kappa shape index (κ1) is 14.9. The number of hydrogen-bond acceptors (Lipinski definition) is 4. The highest BCUT2D eigenvalue weighted by molar-refractivity contribution is 7.92. The van der Waals surface area contributed by atoms with E-state index in [4.69, 9.17) is 16.7 Å². The van der Waals surface area contributed by atoms with E-state index in [1.54, 1.807) is 18.2 Å². The fourth-order valence-electron chi connectivity index (χ4n) is 3.02. The lowest BCUT2D eigenvalue weighted by atomic mass is 10.00. The molecule has 0 fully saturated rings. The van der Waals surface area contributed by atoms with Crippen LogP contribution in [-0.2, 0) is 9.84 Å². The molecule has 1 aliphatic rings. The number of aromatic nitrogens is 1. The van der Waals surface area contributed by atoms with Crippen molar-refractivity contribution in [1.82, 2.24) is 4.98 Å². The zero-order chi connectivity index (χ0) is 17.2. The topological polar surface area (TPSA) is 104 Å². The molecule has 0 atom stereocenters. The Balaban J connectivity index is 2.29. The number of aromatic carboxylic acids is 1. The van der Waals surface area contributed by atoms with Crippen LogP contribution in [0.1, 0.15) is 10.5 Å². The second kappa shape index (κ2) is 4.68. The molecule has 3 aromatic rings. The summed E-state index contributed by atoms with van der Waals surface area (Å²) in [6.45, 7) is 0. The van der Waals surface area contributed by atoms with Crippen molar-refractivity contribution in [3.05, 3.63) is 57.3 Å². The molecule has 2 aromatic carbocycles. The first-order valence-electron chi connectivity index (χ1n) is 6.79. The molecule has 1 aliphatic heterocycles. The number of carboxylic acids is 1. The Morgan fingerprint density at radius 1 is 1.17 bits per heavy atom. The monoisotopic (exact) mass is 361 g/mol. The molecule has 0 radical (unpaired) electrons. The molecular weight excluding hydrogens is 354 g/mol. The number of carbonyl (C=O) groups is 1. The Morgan fingerprint density at radius 3 is 2.58 bits per heavy atom. The lowest BCUT2D eigenvalue weighted by Crippen LogP contribution is -2.11. The number of fused-ring (bicyclic) bond motifs is 5. The van der Waals surface area contributed by atoms with Crippen molar-refractivity contribution in [1.29, 1.82) is 0 Å². The third-order valence-electron chi connectivity index (χ3n) is 3.97. The van der Waals surface area contributed by atoms with Crippen molar-refractivity contribution in [2.24, 2.45) is 0 Å². The quantitative estimate of drug-likeness (QED) is 0.542. The third-order valence-corrected chi connectivity index (χ3v) is 6.28. The van der Waals surface area contributed by atoms with Gasteiger partial charge in [-0.05, 0) is 12.1 Å². The molecule has 0 saturated carbocycles. The maximum absolute atomic E-state index is 12.7. The van der Waals surface area contributed by atoms with Crippen LogP contribution in [0.25, 0.3) is 22.0 Å². The molecule has 0 saturated heterocycles. The van der Waals surface area contributed by atoms with Crippen molar-refractivity contribution >= 4 is 38.3 Å². The van der Waals surface area contributed by atoms with Gasteiger partial charge in [0.2, 0.25) is 9.84 Å². The van der Waals surface area contributed by atoms with Crippen molar-refractivity contribution in [3.63, 3.8) is 0 Å². The van der Waals surface area contributed by atoms with Gasteiger partial charge in [-0.25, -0.2) is 13.2 Å². The van der Waals surface area contributed by atoms with Crippen molar-refractivity contribution < 1.29 is 18.3 Å². The molecule has 0 amide bonds. The smallest absolute Gasteiger partial charge is 0.352 e. The predicted octanol–water partition coefficient (Wildman–Crippen LogP) is 2.69. The Bertz CT molecular complexity index is 1230. The highest BCUT2D eigenvalue weighted by Gasteiger charge is 2.37. The van der Waals surface area contributed by atoms with Gasteiger partial charge in [0.15, 0.2) is 5.43 Å². The summed E-state index contributed by atoms with van der Waals surface area (Å²) in [5.74, 6) is -1.29. The minimum atomic E-state index is -3.83. The highest BCUT2D eigenvalue weighted by atomic mass is 35.5. The van der Waals surface area contributed by atoms with Crippen LogP contribution in [-0.4, -0.2) is 24.5 Å². The van der Waals surface area contributed by atoms with Gasteiger partial charge in [-0.3, -0.25) is 4.79 Å². The van der Waals surface area contributed by atoms with Gasteiger partial charge in [-0.2, -0.15) is 0 Å². The largest absolute Gasteiger partial charge is 0.477 e. The molecule has 0 spiro atoms. The molecule has 0 unspecified atom stereocenters. The summed E-state index contributed by atoms with van der Waals surface area (Å²) in [4.78, 5) is 26.2. The van der Waals surface area contributed by atoms with E-state index in [1.807, 2.05) is 0 Å². The summed E-state index contributed by atoms with van der Waals surface area (Å²) in [5.41, 5.74) is -0.103. The molecule has 8 heteroatoms. The summed E-state index contributed by atoms with van der Waals surface area (Å²) >= 11 is 6.16. The maximum atomic E-state index is 12.7. The summed E-state index contributed by atoms with van der Waals surface area (Å²) < 4.78 is 25.5. The molecule has 24 heavy (non-hydrogen) atoms. The van der Waals surface area contributed by atoms with E-state index in [0.717, 1.165) is 6.07 Å². The van der Waals surface area contributed by atoms with Gasteiger partial charge >= 0.3 is 5.97 Å². The van der Waals surface area contributed by atoms with Crippen LogP contribution in [0.4, 0.5) is 0 Å². The number of halogens is 1. The van der Waals surface area contributed by atoms with Crippen LogP contribution in [0.2, 0.25) is 5.02 Å². The SMILES string of the molecule is O=C(O)c1cc(=O)c2c3c(c(Cl)cc2[nH]1)S(=O)(=O)c1ccccc1-3. The van der Waals surface area contributed by atoms with Gasteiger partial charge in [-0.15, -0.1) is 0 Å². The van der Waals surface area contributed by atoms with E-state index in [-0.39, 0.29) is 37.0 Å². The van der Waals surface area contributed by atoms with E-state index >= 15 is 0 Å². The van der Waals surface area contributed by atoms with Crippen molar-refractivity contribution in [2.45, 2.75) is 9.79 Å². The van der Waals surface area contributed by atoms with Crippen LogP contribution in [0.3, 0.4) is 0 Å². The minimum absolute atomic E-state index is 0.0631. The van der Waals surface area contributed by atoms with E-state index in [2.05, 4.69) is 4.98 Å². The second-order valence-electron chi connectivity index (χ2n) is 5.34. The number of carboxylic acid groups (broad SMARTS) is 1. The highest BCUT2D eigenvalue weighted by Crippen LogP contribution is 2.48. The van der Waals surface area contributed by atoms with E-state index in [1.165, 1.54) is 12.1 Å². The maximum Gasteiger partial charge on any atom is 0.352 e. The normalized spacial score (nSPS) is 14.4. The molecule has 0 bridgehead atoms. The minimum Gasteiger partial charge on any atom is -0.477 e. The second-order valence-corrected chi connectivity index (χ2v) is 7.60. The van der Waals surface area contributed by atoms with Gasteiger partial charge in [0.25, 0.3) is 0 Å². The number of rotatable bonds is 1. The van der Waals surface area contributed by atoms with E-state index in [0.29, 0.717) is 5.56 Å². The van der Waals surface area contributed by atoms with Crippen LogP contribution >= 0.6 is 11.6 Å². The Morgan fingerprint density at radius 2 is 1.88 bits per heavy atom. The van der Waals surface area contributed by atoms with Gasteiger partial charge in [0.1, 0.15) is 5.69 Å². The van der Waals surface area contributed by atoms with E-state index in [9.17, 15) is 18.0 Å². The molecule has 120 valence electrons. The molecule has 1 aromatic heterocycles. The van der Waals surface area contributed by atoms with Crippen LogP contribution in [0.15, 0.2) is 51.0 Å². The Labute approximate surface area is 140 Å². The first-order valence-corrected chi connectivity index (χ1v) is 8.66. The summed E-state index contributed by atoms with van der Waals surface area (Å²) in [6, 6.07) is 8.51. The van der Waals surface area contributed by atoms with Gasteiger partial charge in [0.05, 0.1) is 25.7 Å². The number of aromatic amines is 1. The zero-order valence-electron chi connectivity index (χ0n) is 11.8. The van der Waals surface area contributed by atoms with Gasteiger partial charge < -0.3 is 10.1 Å². The number of pyridine rings is 1. The summed E-state index contributed by atoms with van der Waals surface area (Å²) in [6.07, 6.45) is 0. The number of nitrogens with one attached hydrogen (secondary N) is 1. The number of H-pyrrole nitrogens is 1. The molecule has 2 heterocycles. The molecule has 0 aliphatic carbocycles. The van der Waals surface area contributed by atoms with Crippen LogP contribution < -0.4 is 5.43 Å². The number of hydrogen-bond donors (Lipinski definition) is 2. The van der Waals surface area contributed by atoms with Crippen molar-refractivity contribution in [3.8, 4) is 11.1 Å². The average Bonchev–Trinajstić information content (AvgIpc) is 2.76. The summed E-state index contributed by atoms with van der Waals surface area (Å²) in [7, 11) is -3.83. The van der Waals surface area contributed by atoms with Crippen LogP contribution in [0.5, 0.6) is 0 Å². The summed E-state index contributed by atoms with van der Waals surface area (Å²) in [5, 5.41) is 9.11. The lowest BCUT2D eigenvalue weighted by Gasteiger charge is -2.08. The third kappa shape index (κ3) is 1.79. The zero-order valence-corrected chi connectivity index (χ0v) is 13.4.